The lowest BCUT2D eigenvalue weighted by molar-refractivity contribution is -0.143. The van der Waals surface area contributed by atoms with Crippen molar-refractivity contribution in [3.63, 3.8) is 0 Å². The van der Waals surface area contributed by atoms with Crippen molar-refractivity contribution >= 4 is 41.0 Å². The molecular formula is C16H15ClF3N3O4. The average molecular weight is 406 g/mol. The molecule has 0 radical (unpaired) electrons. The second kappa shape index (κ2) is 7.95. The number of alkyl halides is 3. The lowest BCUT2D eigenvalue weighted by atomic mass is 10.1. The third kappa shape index (κ3) is 4.38. The second-order valence-electron chi connectivity index (χ2n) is 5.69. The van der Waals surface area contributed by atoms with Crippen molar-refractivity contribution in [2.75, 3.05) is 18.4 Å². The number of carbonyl (C=O) groups excluding carboxylic acids is 4. The van der Waals surface area contributed by atoms with Gasteiger partial charge in [0, 0.05) is 6.54 Å². The molecule has 0 aromatic heterocycles. The zero-order chi connectivity index (χ0) is 20.4. The Bertz CT molecular complexity index is 798. The molecule has 1 N–H and O–H groups in total. The molecule has 1 fully saturated rings. The Balaban J connectivity index is 2.16. The largest absolute Gasteiger partial charge is 0.418 e. The summed E-state index contributed by atoms with van der Waals surface area (Å²) in [5, 5.41) is 1.60. The summed E-state index contributed by atoms with van der Waals surface area (Å²) in [6.45, 7) is 0.926. The standard InChI is InChI=1S/C16H15ClF3N3O4/c1-2-3-7-22-13(25)14(26)23(15(22)27)8-11(24)21-12-9(16(18,19)20)5-4-6-10(12)17/h4-6H,2-3,7-8H2,1H3,(H,21,24). The number of urea groups is 1. The van der Waals surface area contributed by atoms with Crippen molar-refractivity contribution in [2.24, 2.45) is 0 Å². The summed E-state index contributed by atoms with van der Waals surface area (Å²) in [4.78, 5) is 49.1. The van der Waals surface area contributed by atoms with E-state index in [1.165, 1.54) is 0 Å². The van der Waals surface area contributed by atoms with E-state index >= 15 is 0 Å². The summed E-state index contributed by atoms with van der Waals surface area (Å²) in [7, 11) is 0. The van der Waals surface area contributed by atoms with Crippen molar-refractivity contribution in [1.82, 2.24) is 9.80 Å². The molecular weight excluding hydrogens is 391 g/mol. The highest BCUT2D eigenvalue weighted by Gasteiger charge is 2.45. The summed E-state index contributed by atoms with van der Waals surface area (Å²) >= 11 is 5.73. The number of imide groups is 2. The first kappa shape index (κ1) is 20.7. The lowest BCUT2D eigenvalue weighted by Gasteiger charge is -2.17. The number of carbonyl (C=O) groups is 4. The molecule has 5 amide bonds. The molecule has 0 saturated carbocycles. The number of anilines is 1. The molecule has 1 aliphatic rings. The highest BCUT2D eigenvalue weighted by molar-refractivity contribution is 6.45. The highest BCUT2D eigenvalue weighted by Crippen LogP contribution is 2.38. The third-order valence-corrected chi connectivity index (χ3v) is 4.07. The van der Waals surface area contributed by atoms with Gasteiger partial charge in [0.25, 0.3) is 0 Å². The maximum Gasteiger partial charge on any atom is 0.418 e. The van der Waals surface area contributed by atoms with Crippen LogP contribution in [0.25, 0.3) is 0 Å². The van der Waals surface area contributed by atoms with Crippen LogP contribution in [0.15, 0.2) is 18.2 Å². The molecule has 0 atom stereocenters. The van der Waals surface area contributed by atoms with E-state index in [0.29, 0.717) is 22.6 Å². The van der Waals surface area contributed by atoms with Gasteiger partial charge in [-0.05, 0) is 18.6 Å². The molecule has 1 heterocycles. The molecule has 146 valence electrons. The van der Waals surface area contributed by atoms with Gasteiger partial charge in [0.05, 0.1) is 16.3 Å². The normalized spacial score (nSPS) is 14.9. The van der Waals surface area contributed by atoms with Gasteiger partial charge in [0.15, 0.2) is 0 Å². The van der Waals surface area contributed by atoms with E-state index in [4.69, 9.17) is 11.6 Å². The van der Waals surface area contributed by atoms with Gasteiger partial charge in [-0.1, -0.05) is 31.0 Å². The van der Waals surface area contributed by atoms with Crippen LogP contribution >= 0.6 is 11.6 Å². The van der Waals surface area contributed by atoms with Gasteiger partial charge in [-0.25, -0.2) is 9.69 Å². The summed E-state index contributed by atoms with van der Waals surface area (Å²) in [6, 6.07) is 1.96. The number of nitrogens with zero attached hydrogens (tertiary/aromatic N) is 2. The van der Waals surface area contributed by atoms with Crippen LogP contribution in [0, 0.1) is 0 Å². The number of hydrogen-bond donors (Lipinski definition) is 1. The smallest absolute Gasteiger partial charge is 0.323 e. The Kier molecular flexibility index (Phi) is 6.09. The fourth-order valence-electron chi connectivity index (χ4n) is 2.41. The van der Waals surface area contributed by atoms with E-state index in [9.17, 15) is 32.3 Å². The van der Waals surface area contributed by atoms with Crippen LogP contribution in [-0.4, -0.2) is 46.6 Å². The molecule has 27 heavy (non-hydrogen) atoms. The Labute approximate surface area is 157 Å². The molecule has 0 bridgehead atoms. The number of nitrogens with one attached hydrogen (secondary N) is 1. The molecule has 1 saturated heterocycles. The van der Waals surface area contributed by atoms with E-state index in [1.54, 1.807) is 0 Å². The molecule has 1 aliphatic heterocycles. The van der Waals surface area contributed by atoms with Gasteiger partial charge in [-0.2, -0.15) is 13.2 Å². The molecule has 0 spiro atoms. The first-order chi connectivity index (χ1) is 12.6. The topological polar surface area (TPSA) is 86.8 Å². The van der Waals surface area contributed by atoms with Crippen LogP contribution in [0.5, 0.6) is 0 Å². The van der Waals surface area contributed by atoms with Crippen LogP contribution in [0.4, 0.5) is 23.7 Å². The minimum absolute atomic E-state index is 0.0146. The quantitative estimate of drug-likeness (QED) is 0.582. The van der Waals surface area contributed by atoms with Crippen molar-refractivity contribution < 1.29 is 32.3 Å². The summed E-state index contributed by atoms with van der Waals surface area (Å²) in [5.41, 5.74) is -1.87. The van der Waals surface area contributed by atoms with E-state index in [1.807, 2.05) is 12.2 Å². The van der Waals surface area contributed by atoms with Gasteiger partial charge in [-0.15, -0.1) is 0 Å². The first-order valence-electron chi connectivity index (χ1n) is 7.90. The van der Waals surface area contributed by atoms with Gasteiger partial charge in [0.2, 0.25) is 5.91 Å². The van der Waals surface area contributed by atoms with Crippen LogP contribution in [-0.2, 0) is 20.6 Å². The van der Waals surface area contributed by atoms with Gasteiger partial charge in [0.1, 0.15) is 6.54 Å². The van der Waals surface area contributed by atoms with E-state index in [-0.39, 0.29) is 11.6 Å². The Hall–Kier alpha value is -2.62. The second-order valence-corrected chi connectivity index (χ2v) is 6.10. The van der Waals surface area contributed by atoms with Crippen LogP contribution < -0.4 is 5.32 Å². The monoisotopic (exact) mass is 405 g/mol. The number of hydrogen-bond acceptors (Lipinski definition) is 4. The lowest BCUT2D eigenvalue weighted by Crippen LogP contribution is -2.39. The van der Waals surface area contributed by atoms with Crippen molar-refractivity contribution in [3.05, 3.63) is 28.8 Å². The molecule has 1 aromatic carbocycles. The predicted octanol–water partition coefficient (Wildman–Crippen LogP) is 2.89. The maximum atomic E-state index is 13.0. The van der Waals surface area contributed by atoms with Crippen molar-refractivity contribution in [2.45, 2.75) is 25.9 Å². The Morgan fingerprint density at radius 2 is 1.78 bits per heavy atom. The zero-order valence-corrected chi connectivity index (χ0v) is 14.9. The summed E-state index contributed by atoms with van der Waals surface area (Å²) < 4.78 is 39.1. The van der Waals surface area contributed by atoms with Gasteiger partial charge < -0.3 is 5.32 Å². The molecule has 2 rings (SSSR count). The average Bonchev–Trinajstić information content (AvgIpc) is 2.77. The van der Waals surface area contributed by atoms with Crippen molar-refractivity contribution in [1.29, 1.82) is 0 Å². The molecule has 0 aliphatic carbocycles. The first-order valence-corrected chi connectivity index (χ1v) is 8.28. The number of rotatable bonds is 6. The minimum Gasteiger partial charge on any atom is -0.323 e. The molecule has 0 unspecified atom stereocenters. The van der Waals surface area contributed by atoms with Crippen LogP contribution in [0.3, 0.4) is 0 Å². The SMILES string of the molecule is CCCCN1C(=O)C(=O)N(CC(=O)Nc2c(Cl)cccc2C(F)(F)F)C1=O. The van der Waals surface area contributed by atoms with Crippen molar-refractivity contribution in [3.8, 4) is 0 Å². The molecule has 7 nitrogen and oxygen atoms in total. The van der Waals surface area contributed by atoms with Gasteiger partial charge in [-0.3, -0.25) is 19.3 Å². The van der Waals surface area contributed by atoms with E-state index < -0.39 is 47.7 Å². The Morgan fingerprint density at radius 1 is 1.15 bits per heavy atom. The third-order valence-electron chi connectivity index (χ3n) is 3.76. The van der Waals surface area contributed by atoms with E-state index in [0.717, 1.165) is 18.2 Å². The fourth-order valence-corrected chi connectivity index (χ4v) is 2.63. The highest BCUT2D eigenvalue weighted by atomic mass is 35.5. The van der Waals surface area contributed by atoms with Crippen LogP contribution in [0.2, 0.25) is 5.02 Å². The predicted molar refractivity (Wildman–Crippen MR) is 88.8 cm³/mol. The van der Waals surface area contributed by atoms with Gasteiger partial charge >= 0.3 is 24.0 Å². The summed E-state index contributed by atoms with van der Waals surface area (Å²) in [5.74, 6) is -3.38. The number of para-hydroxylation sites is 1. The van der Waals surface area contributed by atoms with E-state index in [2.05, 4.69) is 0 Å². The Morgan fingerprint density at radius 3 is 2.37 bits per heavy atom. The zero-order valence-electron chi connectivity index (χ0n) is 14.1. The minimum atomic E-state index is -4.78. The number of benzene rings is 1. The molecule has 11 heteroatoms. The van der Waals surface area contributed by atoms with Crippen LogP contribution in [0.1, 0.15) is 25.3 Å². The number of halogens is 4. The maximum absolute atomic E-state index is 13.0. The molecule has 1 aromatic rings. The fraction of sp³-hybridized carbons (Fsp3) is 0.375. The number of unbranched alkanes of at least 4 members (excludes halogenated alkanes) is 1. The summed E-state index contributed by atoms with van der Waals surface area (Å²) in [6.07, 6.45) is -3.64. The number of amides is 5.